The molecule has 0 radical (unpaired) electrons. The van der Waals surface area contributed by atoms with Crippen molar-refractivity contribution in [1.82, 2.24) is 9.88 Å². The van der Waals surface area contributed by atoms with Gasteiger partial charge in [0.05, 0.1) is 5.60 Å². The normalized spacial score (nSPS) is 11.3. The largest absolute Gasteiger partial charge is 0.389 e. The molecule has 0 aliphatic heterocycles. The van der Waals surface area contributed by atoms with Gasteiger partial charge in [0.15, 0.2) is 0 Å². The van der Waals surface area contributed by atoms with E-state index in [9.17, 15) is 9.90 Å². The molecule has 0 saturated carbocycles. The summed E-state index contributed by atoms with van der Waals surface area (Å²) in [5.41, 5.74) is -0.473. The van der Waals surface area contributed by atoms with E-state index in [0.717, 1.165) is 0 Å². The number of amides is 1. The molecule has 1 rings (SSSR count). The van der Waals surface area contributed by atoms with Crippen LogP contribution in [0, 0.1) is 0 Å². The number of likely N-dealkylation sites (N-methyl/N-ethyl adjacent to an activating group) is 1. The summed E-state index contributed by atoms with van der Waals surface area (Å²) in [5, 5.41) is 13.2. The Balaban J connectivity index is 3.00. The number of carbonyl (C=O) groups excluding carboxylic acids is 1. The van der Waals surface area contributed by atoms with E-state index in [4.69, 9.17) is 11.6 Å². The average Bonchev–Trinajstić information content (AvgIpc) is 2.33. The van der Waals surface area contributed by atoms with Gasteiger partial charge in [0, 0.05) is 25.2 Å². The van der Waals surface area contributed by atoms with Crippen LogP contribution in [0.4, 0.5) is 5.82 Å². The Morgan fingerprint density at radius 2 is 2.10 bits per heavy atom. The van der Waals surface area contributed by atoms with Gasteiger partial charge in [0.1, 0.15) is 11.0 Å². The standard InChI is InChI=1S/C14H22ClN3O2/c1-5-16-12-8-10(7-11(15)17-12)13(19)18(6-2)9-14(3,4)20/h7-8,20H,5-6,9H2,1-4H3,(H,16,17). The maximum atomic E-state index is 12.5. The highest BCUT2D eigenvalue weighted by atomic mass is 35.5. The minimum atomic E-state index is -0.938. The summed E-state index contributed by atoms with van der Waals surface area (Å²) >= 11 is 5.94. The van der Waals surface area contributed by atoms with E-state index in [1.807, 2.05) is 13.8 Å². The average molecular weight is 300 g/mol. The molecule has 0 atom stereocenters. The highest BCUT2D eigenvalue weighted by molar-refractivity contribution is 6.29. The molecule has 1 heterocycles. The fourth-order valence-corrected chi connectivity index (χ4v) is 2.08. The van der Waals surface area contributed by atoms with Gasteiger partial charge in [0.2, 0.25) is 0 Å². The summed E-state index contributed by atoms with van der Waals surface area (Å²) in [6, 6.07) is 3.21. The molecule has 6 heteroatoms. The van der Waals surface area contributed by atoms with Crippen LogP contribution in [-0.2, 0) is 0 Å². The Bertz CT molecular complexity index is 472. The minimum absolute atomic E-state index is 0.168. The Morgan fingerprint density at radius 3 is 2.60 bits per heavy atom. The zero-order valence-corrected chi connectivity index (χ0v) is 13.2. The number of rotatable bonds is 6. The summed E-state index contributed by atoms with van der Waals surface area (Å²) in [6.07, 6.45) is 0. The molecular weight excluding hydrogens is 278 g/mol. The molecule has 1 aromatic rings. The molecule has 0 bridgehead atoms. The zero-order valence-electron chi connectivity index (χ0n) is 12.4. The van der Waals surface area contributed by atoms with Crippen LogP contribution in [0.5, 0.6) is 0 Å². The Labute approximate surface area is 125 Å². The van der Waals surface area contributed by atoms with Crippen LogP contribution in [0.2, 0.25) is 5.15 Å². The van der Waals surface area contributed by atoms with Crippen molar-refractivity contribution in [2.24, 2.45) is 0 Å². The van der Waals surface area contributed by atoms with Crippen molar-refractivity contribution in [2.75, 3.05) is 25.0 Å². The number of aliphatic hydroxyl groups is 1. The summed E-state index contributed by atoms with van der Waals surface area (Å²) < 4.78 is 0. The molecular formula is C14H22ClN3O2. The minimum Gasteiger partial charge on any atom is -0.389 e. The third-order valence-corrected chi connectivity index (χ3v) is 2.84. The molecule has 0 aliphatic rings. The number of pyridine rings is 1. The van der Waals surface area contributed by atoms with Gasteiger partial charge in [-0.25, -0.2) is 4.98 Å². The third-order valence-electron chi connectivity index (χ3n) is 2.65. The molecule has 0 spiro atoms. The number of halogens is 1. The number of aromatic nitrogens is 1. The van der Waals surface area contributed by atoms with Crippen molar-refractivity contribution in [3.63, 3.8) is 0 Å². The van der Waals surface area contributed by atoms with Gasteiger partial charge in [-0.05, 0) is 39.8 Å². The fraction of sp³-hybridized carbons (Fsp3) is 0.571. The topological polar surface area (TPSA) is 65.5 Å². The van der Waals surface area contributed by atoms with Crippen molar-refractivity contribution in [1.29, 1.82) is 0 Å². The second-order valence-electron chi connectivity index (χ2n) is 5.23. The van der Waals surface area contributed by atoms with Crippen LogP contribution in [0.3, 0.4) is 0 Å². The van der Waals surface area contributed by atoms with Crippen LogP contribution in [0.1, 0.15) is 38.1 Å². The smallest absolute Gasteiger partial charge is 0.254 e. The third kappa shape index (κ3) is 4.98. The predicted octanol–water partition coefficient (Wildman–Crippen LogP) is 2.40. The highest BCUT2D eigenvalue weighted by Crippen LogP contribution is 2.17. The molecule has 112 valence electrons. The fourth-order valence-electron chi connectivity index (χ4n) is 1.87. The summed E-state index contributed by atoms with van der Waals surface area (Å²) in [7, 11) is 0. The first-order chi connectivity index (χ1) is 9.26. The molecule has 0 saturated heterocycles. The zero-order chi connectivity index (χ0) is 15.3. The van der Waals surface area contributed by atoms with Crippen molar-refractivity contribution in [2.45, 2.75) is 33.3 Å². The number of carbonyl (C=O) groups is 1. The van der Waals surface area contributed by atoms with Gasteiger partial charge < -0.3 is 15.3 Å². The lowest BCUT2D eigenvalue weighted by atomic mass is 10.1. The van der Waals surface area contributed by atoms with Gasteiger partial charge in [-0.15, -0.1) is 0 Å². The number of hydrogen-bond donors (Lipinski definition) is 2. The Hall–Kier alpha value is -1.33. The van der Waals surface area contributed by atoms with Gasteiger partial charge in [-0.1, -0.05) is 11.6 Å². The number of nitrogens with zero attached hydrogens (tertiary/aromatic N) is 2. The molecule has 2 N–H and O–H groups in total. The maximum absolute atomic E-state index is 12.5. The first-order valence-corrected chi connectivity index (χ1v) is 7.07. The lowest BCUT2D eigenvalue weighted by molar-refractivity contribution is 0.0314. The van der Waals surface area contributed by atoms with Crippen LogP contribution >= 0.6 is 11.6 Å². The van der Waals surface area contributed by atoms with E-state index in [1.54, 1.807) is 24.8 Å². The van der Waals surface area contributed by atoms with Crippen LogP contribution in [-0.4, -0.2) is 46.1 Å². The van der Waals surface area contributed by atoms with E-state index in [0.29, 0.717) is 24.5 Å². The monoisotopic (exact) mass is 299 g/mol. The second kappa shape index (κ2) is 6.90. The molecule has 1 aromatic heterocycles. The number of anilines is 1. The van der Waals surface area contributed by atoms with E-state index in [2.05, 4.69) is 10.3 Å². The molecule has 20 heavy (non-hydrogen) atoms. The lowest BCUT2D eigenvalue weighted by Gasteiger charge is -2.28. The van der Waals surface area contributed by atoms with Gasteiger partial charge in [-0.2, -0.15) is 0 Å². The van der Waals surface area contributed by atoms with Crippen molar-refractivity contribution in [3.05, 3.63) is 22.8 Å². The first kappa shape index (κ1) is 16.7. The van der Waals surface area contributed by atoms with Gasteiger partial charge >= 0.3 is 0 Å². The Kier molecular flexibility index (Phi) is 5.77. The van der Waals surface area contributed by atoms with E-state index in [1.165, 1.54) is 6.07 Å². The SMILES string of the molecule is CCNc1cc(C(=O)N(CC)CC(C)(C)O)cc(Cl)n1. The quantitative estimate of drug-likeness (QED) is 0.792. The maximum Gasteiger partial charge on any atom is 0.254 e. The summed E-state index contributed by atoms with van der Waals surface area (Å²) in [6.45, 7) is 8.63. The first-order valence-electron chi connectivity index (χ1n) is 6.70. The van der Waals surface area contributed by atoms with Gasteiger partial charge in [-0.3, -0.25) is 4.79 Å². The summed E-state index contributed by atoms with van der Waals surface area (Å²) in [5.74, 6) is 0.403. The molecule has 0 unspecified atom stereocenters. The van der Waals surface area contributed by atoms with E-state index in [-0.39, 0.29) is 17.6 Å². The van der Waals surface area contributed by atoms with Crippen LogP contribution < -0.4 is 5.32 Å². The summed E-state index contributed by atoms with van der Waals surface area (Å²) in [4.78, 5) is 18.1. The molecule has 0 aliphatic carbocycles. The van der Waals surface area contributed by atoms with Crippen LogP contribution in [0.25, 0.3) is 0 Å². The second-order valence-corrected chi connectivity index (χ2v) is 5.61. The van der Waals surface area contributed by atoms with Crippen molar-refractivity contribution < 1.29 is 9.90 Å². The highest BCUT2D eigenvalue weighted by Gasteiger charge is 2.22. The lowest BCUT2D eigenvalue weighted by Crippen LogP contribution is -2.42. The molecule has 0 fully saturated rings. The number of nitrogens with one attached hydrogen (secondary N) is 1. The molecule has 5 nitrogen and oxygen atoms in total. The van der Waals surface area contributed by atoms with Crippen molar-refractivity contribution >= 4 is 23.3 Å². The molecule has 0 aromatic carbocycles. The van der Waals surface area contributed by atoms with Crippen molar-refractivity contribution in [3.8, 4) is 0 Å². The Morgan fingerprint density at radius 1 is 1.45 bits per heavy atom. The van der Waals surface area contributed by atoms with Gasteiger partial charge in [0.25, 0.3) is 5.91 Å². The number of hydrogen-bond acceptors (Lipinski definition) is 4. The predicted molar refractivity (Wildman–Crippen MR) is 81.3 cm³/mol. The van der Waals surface area contributed by atoms with E-state index < -0.39 is 5.60 Å². The van der Waals surface area contributed by atoms with Crippen LogP contribution in [0.15, 0.2) is 12.1 Å². The van der Waals surface area contributed by atoms with E-state index >= 15 is 0 Å². The molecule has 1 amide bonds.